The summed E-state index contributed by atoms with van der Waals surface area (Å²) in [6, 6.07) is 49.7. The molecule has 4 heterocycles. The lowest BCUT2D eigenvalue weighted by molar-refractivity contribution is 0.669. The molecule has 0 aliphatic carbocycles. The van der Waals surface area contributed by atoms with E-state index < -0.39 is 0 Å². The van der Waals surface area contributed by atoms with Crippen molar-refractivity contribution in [3.8, 4) is 17.1 Å². The zero-order chi connectivity index (χ0) is 31.8. The zero-order valence-corrected chi connectivity index (χ0v) is 26.8. The van der Waals surface area contributed by atoms with Crippen LogP contribution in [0.3, 0.4) is 0 Å². The summed E-state index contributed by atoms with van der Waals surface area (Å²) >= 11 is 1.82. The molecule has 12 rings (SSSR count). The average molecular weight is 642 g/mol. The third-order valence-electron chi connectivity index (χ3n) is 10.3. The molecule has 0 saturated heterocycles. The molecule has 0 radical (unpaired) electrons. The van der Waals surface area contributed by atoms with Gasteiger partial charge in [-0.25, -0.2) is 9.97 Å². The number of nitrogens with zero attached hydrogens (tertiary/aromatic N) is 3. The molecular weight excluding hydrogens is 619 g/mol. The van der Waals surface area contributed by atoms with E-state index in [4.69, 9.17) is 14.4 Å². The fourth-order valence-electron chi connectivity index (χ4n) is 8.35. The Labute approximate surface area is 282 Å². The van der Waals surface area contributed by atoms with E-state index in [0.29, 0.717) is 0 Å². The second-order valence-electron chi connectivity index (χ2n) is 12.9. The molecule has 4 aromatic heterocycles. The Morgan fingerprint density at radius 3 is 1.94 bits per heavy atom. The number of aromatic nitrogens is 3. The highest BCUT2D eigenvalue weighted by Gasteiger charge is 2.26. The van der Waals surface area contributed by atoms with Gasteiger partial charge >= 0.3 is 0 Å². The number of furan rings is 1. The van der Waals surface area contributed by atoms with Crippen LogP contribution in [0.25, 0.3) is 114 Å². The zero-order valence-electron chi connectivity index (χ0n) is 25.9. The first-order valence-corrected chi connectivity index (χ1v) is 17.3. The first-order valence-electron chi connectivity index (χ1n) is 16.5. The molecule has 0 aliphatic heterocycles. The van der Waals surface area contributed by atoms with Crippen molar-refractivity contribution < 1.29 is 4.42 Å². The highest BCUT2D eigenvalue weighted by molar-refractivity contribution is 7.26. The molecule has 226 valence electrons. The van der Waals surface area contributed by atoms with E-state index in [1.165, 1.54) is 52.5 Å². The van der Waals surface area contributed by atoms with Gasteiger partial charge in [0, 0.05) is 47.3 Å². The summed E-state index contributed by atoms with van der Waals surface area (Å²) in [6.45, 7) is 0. The summed E-state index contributed by atoms with van der Waals surface area (Å²) in [4.78, 5) is 10.9. The van der Waals surface area contributed by atoms with Gasteiger partial charge in [-0.15, -0.1) is 11.3 Å². The van der Waals surface area contributed by atoms with Crippen LogP contribution >= 0.6 is 11.3 Å². The van der Waals surface area contributed by atoms with Gasteiger partial charge in [-0.2, -0.15) is 0 Å². The maximum absolute atomic E-state index is 6.60. The standard InChI is InChI=1S/C44H23N3OS/c1-2-11-25-24(10-1)27-13-8-19-33-38(27)40-34(22-23-36-41(40)39-28(25)14-9-20-35(39)48-36)47(33)44-42(45-31-17-4-5-18-32(31)46-44)30-16-7-15-29-26-12-3-6-21-37(26)49-43(29)30/h1-23H. The summed E-state index contributed by atoms with van der Waals surface area (Å²) in [5.41, 5.74) is 7.67. The molecule has 0 atom stereocenters. The molecule has 4 nitrogen and oxygen atoms in total. The Morgan fingerprint density at radius 2 is 1.08 bits per heavy atom. The minimum Gasteiger partial charge on any atom is -0.456 e. The van der Waals surface area contributed by atoms with Crippen LogP contribution in [0.1, 0.15) is 0 Å². The number of para-hydroxylation sites is 2. The quantitative estimate of drug-likeness (QED) is 0.189. The Bertz CT molecular complexity index is 3350. The van der Waals surface area contributed by atoms with Gasteiger partial charge in [-0.1, -0.05) is 97.1 Å². The van der Waals surface area contributed by atoms with Crippen LogP contribution in [-0.4, -0.2) is 14.5 Å². The maximum atomic E-state index is 6.60. The Kier molecular flexibility index (Phi) is 4.83. The number of fused-ring (bicyclic) bond motifs is 7. The minimum absolute atomic E-state index is 0.820. The minimum atomic E-state index is 0.820. The third kappa shape index (κ3) is 3.27. The Hall–Kier alpha value is -6.30. The van der Waals surface area contributed by atoms with E-state index in [2.05, 4.69) is 132 Å². The van der Waals surface area contributed by atoms with Gasteiger partial charge in [-0.05, 0) is 64.0 Å². The highest BCUT2D eigenvalue weighted by atomic mass is 32.1. The van der Waals surface area contributed by atoms with Crippen molar-refractivity contribution in [1.82, 2.24) is 14.5 Å². The SMILES string of the molecule is c1ccc2nc(-n3c4cccc5c6ccccc6c6cccc7oc8ccc3c(c8c76)c54)c(-c3cccc4c3sc3ccccc34)nc2c1. The van der Waals surface area contributed by atoms with Crippen LogP contribution < -0.4 is 0 Å². The summed E-state index contributed by atoms with van der Waals surface area (Å²) in [5.74, 6) is 0.820. The number of benzene rings is 7. The van der Waals surface area contributed by atoms with Gasteiger partial charge in [0.1, 0.15) is 16.9 Å². The Morgan fingerprint density at radius 1 is 0.449 bits per heavy atom. The van der Waals surface area contributed by atoms with E-state index in [9.17, 15) is 0 Å². The summed E-state index contributed by atoms with van der Waals surface area (Å²) in [7, 11) is 0. The van der Waals surface area contributed by atoms with Crippen LogP contribution in [0.5, 0.6) is 0 Å². The number of thiophene rings is 1. The van der Waals surface area contributed by atoms with Crippen molar-refractivity contribution in [2.24, 2.45) is 0 Å². The summed E-state index contributed by atoms with van der Waals surface area (Å²) in [6.07, 6.45) is 0. The van der Waals surface area contributed by atoms with Crippen LogP contribution in [0.2, 0.25) is 0 Å². The molecular formula is C44H23N3OS. The van der Waals surface area contributed by atoms with Crippen LogP contribution in [0.4, 0.5) is 0 Å². The molecule has 8 aromatic carbocycles. The predicted octanol–water partition coefficient (Wildman–Crippen LogP) is 12.4. The van der Waals surface area contributed by atoms with Gasteiger partial charge in [0.15, 0.2) is 5.82 Å². The molecule has 0 aliphatic rings. The normalized spacial score (nSPS) is 12.5. The molecule has 0 spiro atoms. The van der Waals surface area contributed by atoms with Gasteiger partial charge < -0.3 is 4.42 Å². The summed E-state index contributed by atoms with van der Waals surface area (Å²) in [5, 5.41) is 12.0. The lowest BCUT2D eigenvalue weighted by atomic mass is 9.95. The fraction of sp³-hybridized carbons (Fsp3) is 0. The number of hydrogen-bond donors (Lipinski definition) is 0. The van der Waals surface area contributed by atoms with Gasteiger partial charge in [0.05, 0.1) is 22.1 Å². The molecule has 0 amide bonds. The molecule has 49 heavy (non-hydrogen) atoms. The van der Waals surface area contributed by atoms with Crippen LogP contribution in [0, 0.1) is 0 Å². The second-order valence-corrected chi connectivity index (χ2v) is 13.9. The maximum Gasteiger partial charge on any atom is 0.165 e. The molecule has 0 fully saturated rings. The topological polar surface area (TPSA) is 43.9 Å². The fourth-order valence-corrected chi connectivity index (χ4v) is 9.56. The van der Waals surface area contributed by atoms with Crippen molar-refractivity contribution in [3.05, 3.63) is 140 Å². The molecule has 0 N–H and O–H groups in total. The van der Waals surface area contributed by atoms with Crippen molar-refractivity contribution >= 4 is 108 Å². The van der Waals surface area contributed by atoms with E-state index in [1.807, 2.05) is 23.5 Å². The van der Waals surface area contributed by atoms with E-state index >= 15 is 0 Å². The predicted molar refractivity (Wildman–Crippen MR) is 206 cm³/mol. The lowest BCUT2D eigenvalue weighted by Gasteiger charge is -2.14. The summed E-state index contributed by atoms with van der Waals surface area (Å²) < 4.78 is 11.4. The monoisotopic (exact) mass is 641 g/mol. The van der Waals surface area contributed by atoms with Crippen molar-refractivity contribution in [2.45, 2.75) is 0 Å². The average Bonchev–Trinajstić information content (AvgIpc) is 3.83. The van der Waals surface area contributed by atoms with E-state index in [-0.39, 0.29) is 0 Å². The van der Waals surface area contributed by atoms with Crippen molar-refractivity contribution in [2.75, 3.05) is 0 Å². The largest absolute Gasteiger partial charge is 0.456 e. The van der Waals surface area contributed by atoms with E-state index in [0.717, 1.165) is 61.1 Å². The number of rotatable bonds is 2. The van der Waals surface area contributed by atoms with E-state index in [1.54, 1.807) is 0 Å². The first-order chi connectivity index (χ1) is 24.3. The Balaban J connectivity index is 1.33. The second kappa shape index (κ2) is 9.19. The molecule has 5 heteroatoms. The van der Waals surface area contributed by atoms with Gasteiger partial charge in [0.2, 0.25) is 0 Å². The molecule has 0 bridgehead atoms. The van der Waals surface area contributed by atoms with Gasteiger partial charge in [-0.3, -0.25) is 4.57 Å². The third-order valence-corrected chi connectivity index (χ3v) is 11.6. The number of hydrogen-bond acceptors (Lipinski definition) is 4. The first kappa shape index (κ1) is 25.7. The van der Waals surface area contributed by atoms with Crippen molar-refractivity contribution in [3.63, 3.8) is 0 Å². The molecule has 0 unspecified atom stereocenters. The molecule has 0 saturated carbocycles. The van der Waals surface area contributed by atoms with Crippen molar-refractivity contribution in [1.29, 1.82) is 0 Å². The van der Waals surface area contributed by atoms with Crippen LogP contribution in [-0.2, 0) is 0 Å². The lowest BCUT2D eigenvalue weighted by Crippen LogP contribution is -2.03. The highest BCUT2D eigenvalue weighted by Crippen LogP contribution is 2.48. The van der Waals surface area contributed by atoms with Crippen LogP contribution in [0.15, 0.2) is 144 Å². The van der Waals surface area contributed by atoms with Gasteiger partial charge in [0.25, 0.3) is 0 Å². The molecule has 12 aromatic rings. The smallest absolute Gasteiger partial charge is 0.165 e.